The van der Waals surface area contributed by atoms with Gasteiger partial charge in [-0.1, -0.05) is 44.0 Å². The molecule has 0 unspecified atom stereocenters. The van der Waals surface area contributed by atoms with E-state index in [-0.39, 0.29) is 36.2 Å². The number of nitrogens with zero attached hydrogens (tertiary/aromatic N) is 2. The number of aromatic nitrogens is 1. The summed E-state index contributed by atoms with van der Waals surface area (Å²) in [6.07, 6.45) is 5.65. The molecule has 2 aliphatic rings. The number of imide groups is 1. The van der Waals surface area contributed by atoms with Crippen LogP contribution in [0.4, 0.5) is 4.79 Å². The van der Waals surface area contributed by atoms with E-state index in [9.17, 15) is 14.4 Å². The molecule has 2 aliphatic heterocycles. The first-order valence-corrected chi connectivity index (χ1v) is 13.9. The molecule has 0 saturated carbocycles. The smallest absolute Gasteiger partial charge is 0.293 e. The summed E-state index contributed by atoms with van der Waals surface area (Å²) in [5, 5.41) is 3.54. The van der Waals surface area contributed by atoms with Gasteiger partial charge in [-0.15, -0.1) is 0 Å². The van der Waals surface area contributed by atoms with Crippen LogP contribution in [0.15, 0.2) is 62.5 Å². The van der Waals surface area contributed by atoms with Crippen LogP contribution in [0.3, 0.4) is 0 Å². The molecule has 10 heteroatoms. The van der Waals surface area contributed by atoms with Gasteiger partial charge in [-0.05, 0) is 66.6 Å². The van der Waals surface area contributed by atoms with Crippen LogP contribution in [0, 0.1) is 0 Å². The average Bonchev–Trinajstić information content (AvgIpc) is 3.55. The van der Waals surface area contributed by atoms with E-state index in [1.54, 1.807) is 6.08 Å². The van der Waals surface area contributed by atoms with E-state index in [4.69, 9.17) is 4.74 Å². The third kappa shape index (κ3) is 5.61. The molecular formula is C26H23Br2N3O4S. The molecule has 1 N–H and O–H groups in total. The number of carbonyl (C=O) groups excluding carboxylic acids is 3. The zero-order chi connectivity index (χ0) is 25.2. The number of fused-ring (bicyclic) bond motifs is 1. The van der Waals surface area contributed by atoms with Crippen molar-refractivity contribution in [2.75, 3.05) is 13.2 Å². The number of carbonyl (C=O) groups is 3. The Morgan fingerprint density at radius 1 is 1.14 bits per heavy atom. The van der Waals surface area contributed by atoms with Crippen LogP contribution >= 0.6 is 43.6 Å². The Bertz CT molecular complexity index is 1360. The van der Waals surface area contributed by atoms with Gasteiger partial charge in [-0.2, -0.15) is 0 Å². The molecule has 7 nitrogen and oxygen atoms in total. The Morgan fingerprint density at radius 3 is 2.67 bits per heavy atom. The lowest BCUT2D eigenvalue weighted by Crippen LogP contribution is -2.34. The zero-order valence-corrected chi connectivity index (χ0v) is 23.2. The number of hydrogen-bond acceptors (Lipinski definition) is 5. The molecule has 2 aromatic carbocycles. The normalized spacial score (nSPS) is 19.1. The van der Waals surface area contributed by atoms with Crippen molar-refractivity contribution >= 4 is 77.7 Å². The average molecular weight is 633 g/mol. The van der Waals surface area contributed by atoms with E-state index in [2.05, 4.69) is 37.2 Å². The lowest BCUT2D eigenvalue weighted by atomic mass is 10.1. The van der Waals surface area contributed by atoms with Gasteiger partial charge >= 0.3 is 0 Å². The number of halogens is 2. The summed E-state index contributed by atoms with van der Waals surface area (Å²) in [4.78, 5) is 40.0. The number of ether oxygens (including phenoxy) is 1. The minimum Gasteiger partial charge on any atom is -0.376 e. The molecule has 2 fully saturated rings. The van der Waals surface area contributed by atoms with E-state index in [1.807, 2.05) is 53.2 Å². The number of rotatable bonds is 7. The maximum Gasteiger partial charge on any atom is 0.293 e. The zero-order valence-electron chi connectivity index (χ0n) is 19.2. The second-order valence-corrected chi connectivity index (χ2v) is 11.5. The topological polar surface area (TPSA) is 80.6 Å². The number of amides is 3. The second-order valence-electron chi connectivity index (χ2n) is 8.71. The lowest BCUT2D eigenvalue weighted by Gasteiger charge is -2.12. The van der Waals surface area contributed by atoms with Crippen molar-refractivity contribution in [1.29, 1.82) is 0 Å². The maximum atomic E-state index is 13.1. The van der Waals surface area contributed by atoms with Gasteiger partial charge in [0, 0.05) is 44.8 Å². The molecule has 0 spiro atoms. The van der Waals surface area contributed by atoms with Crippen LogP contribution in [0.25, 0.3) is 17.0 Å². The summed E-state index contributed by atoms with van der Waals surface area (Å²) in [6, 6.07) is 13.3. The summed E-state index contributed by atoms with van der Waals surface area (Å²) in [6.45, 7) is 1.61. The first-order valence-electron chi connectivity index (χ1n) is 11.5. The quantitative estimate of drug-likeness (QED) is 0.338. The fourth-order valence-corrected chi connectivity index (χ4v) is 5.79. The van der Waals surface area contributed by atoms with Crippen molar-refractivity contribution in [2.24, 2.45) is 0 Å². The predicted octanol–water partition coefficient (Wildman–Crippen LogP) is 5.70. The minimum absolute atomic E-state index is 0.0786. The van der Waals surface area contributed by atoms with E-state index < -0.39 is 0 Å². The highest BCUT2D eigenvalue weighted by molar-refractivity contribution is 9.10. The Kier molecular flexibility index (Phi) is 7.66. The Morgan fingerprint density at radius 2 is 1.92 bits per heavy atom. The first kappa shape index (κ1) is 25.3. The van der Waals surface area contributed by atoms with Crippen LogP contribution in [-0.2, 0) is 27.4 Å². The molecule has 3 heterocycles. The fraction of sp³-hybridized carbons (Fsp3) is 0.269. The summed E-state index contributed by atoms with van der Waals surface area (Å²) in [5.41, 5.74) is 2.51. The molecular weight excluding hydrogens is 610 g/mol. The second kappa shape index (κ2) is 10.9. The van der Waals surface area contributed by atoms with Gasteiger partial charge in [0.2, 0.25) is 5.91 Å². The molecule has 1 atom stereocenters. The van der Waals surface area contributed by atoms with Gasteiger partial charge in [0.1, 0.15) is 6.54 Å². The summed E-state index contributed by atoms with van der Waals surface area (Å²) in [5.74, 6) is -0.426. The monoisotopic (exact) mass is 631 g/mol. The summed E-state index contributed by atoms with van der Waals surface area (Å²) >= 11 is 7.84. The minimum atomic E-state index is -0.321. The third-order valence-electron chi connectivity index (χ3n) is 6.15. The van der Waals surface area contributed by atoms with Crippen molar-refractivity contribution in [1.82, 2.24) is 14.8 Å². The third-order valence-corrected chi connectivity index (χ3v) is 8.08. The molecule has 5 rings (SSSR count). The molecule has 1 aromatic heterocycles. The van der Waals surface area contributed by atoms with E-state index >= 15 is 0 Å². The van der Waals surface area contributed by atoms with Crippen molar-refractivity contribution in [3.63, 3.8) is 0 Å². The summed E-state index contributed by atoms with van der Waals surface area (Å²) < 4.78 is 9.27. The van der Waals surface area contributed by atoms with Gasteiger partial charge in [-0.25, -0.2) is 0 Å². The summed E-state index contributed by atoms with van der Waals surface area (Å²) in [7, 11) is 0. The van der Waals surface area contributed by atoms with Gasteiger partial charge in [0.05, 0.1) is 17.6 Å². The number of thioether (sulfide) groups is 1. The van der Waals surface area contributed by atoms with Gasteiger partial charge < -0.3 is 14.6 Å². The molecule has 3 aromatic rings. The van der Waals surface area contributed by atoms with Crippen LogP contribution in [0.5, 0.6) is 0 Å². The highest BCUT2D eigenvalue weighted by Gasteiger charge is 2.35. The molecule has 3 amide bonds. The van der Waals surface area contributed by atoms with Gasteiger partial charge in [-0.3, -0.25) is 19.3 Å². The van der Waals surface area contributed by atoms with Crippen molar-refractivity contribution in [2.45, 2.75) is 32.0 Å². The molecule has 2 saturated heterocycles. The van der Waals surface area contributed by atoms with Crippen LogP contribution in [0.2, 0.25) is 0 Å². The number of hydrogen-bond donors (Lipinski definition) is 1. The first-order chi connectivity index (χ1) is 17.4. The van der Waals surface area contributed by atoms with Crippen LogP contribution in [0.1, 0.15) is 24.0 Å². The van der Waals surface area contributed by atoms with Crippen molar-refractivity contribution in [3.05, 3.63) is 73.6 Å². The van der Waals surface area contributed by atoms with Crippen LogP contribution in [-0.4, -0.2) is 45.8 Å². The SMILES string of the molecule is O=C(Cn1cc(/C=C2\SC(=O)N(Cc3ccc(Br)cc3)C2=O)c2cc(Br)ccc21)NC[C@@H]1CCCO1. The van der Waals surface area contributed by atoms with Crippen LogP contribution < -0.4 is 5.32 Å². The van der Waals surface area contributed by atoms with Crippen molar-refractivity contribution in [3.8, 4) is 0 Å². The fourth-order valence-electron chi connectivity index (χ4n) is 4.34. The van der Waals surface area contributed by atoms with E-state index in [0.717, 1.165) is 62.2 Å². The number of benzene rings is 2. The maximum absolute atomic E-state index is 13.1. The van der Waals surface area contributed by atoms with Crippen molar-refractivity contribution < 1.29 is 19.1 Å². The van der Waals surface area contributed by atoms with Gasteiger partial charge in [0.15, 0.2) is 0 Å². The van der Waals surface area contributed by atoms with E-state index in [1.165, 1.54) is 4.90 Å². The Balaban J connectivity index is 1.37. The molecule has 186 valence electrons. The van der Waals surface area contributed by atoms with E-state index in [0.29, 0.717) is 11.4 Å². The highest BCUT2D eigenvalue weighted by atomic mass is 79.9. The predicted molar refractivity (Wildman–Crippen MR) is 147 cm³/mol. The molecule has 0 radical (unpaired) electrons. The molecule has 0 bridgehead atoms. The lowest BCUT2D eigenvalue weighted by molar-refractivity contribution is -0.123. The molecule has 36 heavy (non-hydrogen) atoms. The number of nitrogens with one attached hydrogen (secondary N) is 1. The standard InChI is InChI=1S/C26H23Br2N3O4S/c27-18-5-3-16(4-6-18)13-31-25(33)23(36-26(31)34)10-17-14-30(22-8-7-19(28)11-21(17)22)15-24(32)29-12-20-2-1-9-35-20/h3-8,10-11,14,20H,1-2,9,12-13,15H2,(H,29,32)/b23-10-/t20-/m0/s1. The Labute approximate surface area is 229 Å². The largest absolute Gasteiger partial charge is 0.376 e. The Hall–Kier alpha value is -2.40. The molecule has 0 aliphatic carbocycles. The van der Waals surface area contributed by atoms with Gasteiger partial charge in [0.25, 0.3) is 11.1 Å². The highest BCUT2D eigenvalue weighted by Crippen LogP contribution is 2.35.